The fraction of sp³-hybridized carbons (Fsp3) is 0.222. The molecule has 0 aromatic heterocycles. The van der Waals surface area contributed by atoms with E-state index in [1.54, 1.807) is 0 Å². The molecule has 1 heterocycles. The standard InChI is InChI=1S/C9H10N2O2/c10-9(8(12)13)5-6-3-1-2-4-7(6)11-9/h1-4,11H,5,10H2,(H,12,13). The van der Waals surface area contributed by atoms with E-state index in [9.17, 15) is 4.79 Å². The number of hydrogen-bond acceptors (Lipinski definition) is 3. The number of nitrogens with one attached hydrogen (secondary N) is 1. The molecule has 68 valence electrons. The van der Waals surface area contributed by atoms with Crippen molar-refractivity contribution in [3.05, 3.63) is 29.8 Å². The van der Waals surface area contributed by atoms with Crippen molar-refractivity contribution >= 4 is 11.7 Å². The molecule has 2 rings (SSSR count). The normalized spacial score (nSPS) is 25.0. The van der Waals surface area contributed by atoms with Gasteiger partial charge in [-0.05, 0) is 11.6 Å². The van der Waals surface area contributed by atoms with Crippen molar-refractivity contribution in [3.63, 3.8) is 0 Å². The average Bonchev–Trinajstić information content (AvgIpc) is 2.42. The van der Waals surface area contributed by atoms with Crippen LogP contribution >= 0.6 is 0 Å². The first-order valence-corrected chi connectivity index (χ1v) is 4.00. The zero-order valence-electron chi connectivity index (χ0n) is 6.95. The Morgan fingerprint density at radius 2 is 2.23 bits per heavy atom. The Kier molecular flexibility index (Phi) is 1.53. The number of aliphatic carboxylic acids is 1. The summed E-state index contributed by atoms with van der Waals surface area (Å²) >= 11 is 0. The zero-order valence-corrected chi connectivity index (χ0v) is 6.95. The maximum absolute atomic E-state index is 10.8. The van der Waals surface area contributed by atoms with Gasteiger partial charge in [-0.2, -0.15) is 0 Å². The molecule has 0 fully saturated rings. The van der Waals surface area contributed by atoms with Gasteiger partial charge in [0, 0.05) is 12.1 Å². The number of fused-ring (bicyclic) bond motifs is 1. The van der Waals surface area contributed by atoms with E-state index < -0.39 is 11.6 Å². The van der Waals surface area contributed by atoms with Gasteiger partial charge in [-0.1, -0.05) is 18.2 Å². The molecule has 1 aromatic rings. The van der Waals surface area contributed by atoms with E-state index in [0.717, 1.165) is 11.3 Å². The van der Waals surface area contributed by atoms with Crippen molar-refractivity contribution in [2.24, 2.45) is 5.73 Å². The van der Waals surface area contributed by atoms with Crippen molar-refractivity contribution in [1.29, 1.82) is 0 Å². The van der Waals surface area contributed by atoms with Crippen LogP contribution in [0.15, 0.2) is 24.3 Å². The predicted molar refractivity (Wildman–Crippen MR) is 48.3 cm³/mol. The molecule has 0 radical (unpaired) electrons. The first-order valence-electron chi connectivity index (χ1n) is 4.00. The van der Waals surface area contributed by atoms with Gasteiger partial charge in [0.05, 0.1) is 0 Å². The molecule has 1 aromatic carbocycles. The maximum Gasteiger partial charge on any atom is 0.344 e. The first-order chi connectivity index (χ1) is 6.12. The van der Waals surface area contributed by atoms with E-state index in [1.807, 2.05) is 24.3 Å². The molecule has 0 bridgehead atoms. The lowest BCUT2D eigenvalue weighted by Gasteiger charge is -2.18. The highest BCUT2D eigenvalue weighted by atomic mass is 16.4. The number of nitrogens with two attached hydrogens (primary N) is 1. The Balaban J connectivity index is 2.37. The van der Waals surface area contributed by atoms with Gasteiger partial charge in [0.25, 0.3) is 0 Å². The fourth-order valence-electron chi connectivity index (χ4n) is 1.51. The monoisotopic (exact) mass is 178 g/mol. The van der Waals surface area contributed by atoms with E-state index in [1.165, 1.54) is 0 Å². The molecule has 4 heteroatoms. The fourth-order valence-corrected chi connectivity index (χ4v) is 1.51. The van der Waals surface area contributed by atoms with E-state index in [2.05, 4.69) is 5.32 Å². The molecule has 1 atom stereocenters. The van der Waals surface area contributed by atoms with Crippen LogP contribution in [0.1, 0.15) is 5.56 Å². The van der Waals surface area contributed by atoms with Crippen LogP contribution in [0.2, 0.25) is 0 Å². The van der Waals surface area contributed by atoms with E-state index in [4.69, 9.17) is 10.8 Å². The quantitative estimate of drug-likeness (QED) is 0.581. The molecule has 4 N–H and O–H groups in total. The SMILES string of the molecule is NC1(C(=O)O)Cc2ccccc2N1. The molecule has 0 spiro atoms. The van der Waals surface area contributed by atoms with Crippen LogP contribution in [-0.2, 0) is 11.2 Å². The molecule has 1 aliphatic rings. The number of carboxylic acids is 1. The number of hydrogen-bond donors (Lipinski definition) is 3. The average molecular weight is 178 g/mol. The van der Waals surface area contributed by atoms with Gasteiger partial charge in [-0.3, -0.25) is 5.73 Å². The number of carboxylic acid groups (broad SMARTS) is 1. The third-order valence-corrected chi connectivity index (χ3v) is 2.23. The lowest BCUT2D eigenvalue weighted by atomic mass is 10.1. The van der Waals surface area contributed by atoms with Crippen LogP contribution in [0.3, 0.4) is 0 Å². The van der Waals surface area contributed by atoms with E-state index in [-0.39, 0.29) is 0 Å². The summed E-state index contributed by atoms with van der Waals surface area (Å²) in [5, 5.41) is 11.6. The zero-order chi connectivity index (χ0) is 9.47. The third-order valence-electron chi connectivity index (χ3n) is 2.23. The van der Waals surface area contributed by atoms with Crippen molar-refractivity contribution in [1.82, 2.24) is 0 Å². The second-order valence-corrected chi connectivity index (χ2v) is 3.24. The third kappa shape index (κ3) is 1.15. The highest BCUT2D eigenvalue weighted by molar-refractivity contribution is 5.85. The highest BCUT2D eigenvalue weighted by Crippen LogP contribution is 2.28. The second kappa shape index (κ2) is 2.47. The van der Waals surface area contributed by atoms with Gasteiger partial charge in [0.1, 0.15) is 0 Å². The molecule has 13 heavy (non-hydrogen) atoms. The predicted octanol–water partition coefficient (Wildman–Crippen LogP) is 0.394. The highest BCUT2D eigenvalue weighted by Gasteiger charge is 2.39. The molecule has 0 saturated carbocycles. The minimum Gasteiger partial charge on any atom is -0.478 e. The van der Waals surface area contributed by atoms with Crippen molar-refractivity contribution in [2.45, 2.75) is 12.1 Å². The van der Waals surface area contributed by atoms with Crippen LogP contribution in [0.5, 0.6) is 0 Å². The van der Waals surface area contributed by atoms with Crippen LogP contribution in [0.25, 0.3) is 0 Å². The topological polar surface area (TPSA) is 75.4 Å². The van der Waals surface area contributed by atoms with Gasteiger partial charge in [0.15, 0.2) is 5.66 Å². The number of anilines is 1. The summed E-state index contributed by atoms with van der Waals surface area (Å²) in [6.45, 7) is 0. The molecule has 1 unspecified atom stereocenters. The summed E-state index contributed by atoms with van der Waals surface area (Å²) in [4.78, 5) is 10.8. The molecule has 1 aliphatic heterocycles. The summed E-state index contributed by atoms with van der Waals surface area (Å²) in [7, 11) is 0. The molecule has 4 nitrogen and oxygen atoms in total. The molecule has 0 aliphatic carbocycles. The molecular weight excluding hydrogens is 168 g/mol. The first kappa shape index (κ1) is 8.07. The summed E-state index contributed by atoms with van der Waals surface area (Å²) in [5.74, 6) is -1.02. The number of para-hydroxylation sites is 1. The second-order valence-electron chi connectivity index (χ2n) is 3.24. The van der Waals surface area contributed by atoms with Crippen molar-refractivity contribution in [3.8, 4) is 0 Å². The Labute approximate surface area is 75.4 Å². The molecular formula is C9H10N2O2. The van der Waals surface area contributed by atoms with Crippen LogP contribution in [0, 0.1) is 0 Å². The van der Waals surface area contributed by atoms with Gasteiger partial charge >= 0.3 is 5.97 Å². The number of carbonyl (C=O) groups is 1. The maximum atomic E-state index is 10.8. The van der Waals surface area contributed by atoms with Crippen LogP contribution in [-0.4, -0.2) is 16.7 Å². The van der Waals surface area contributed by atoms with Gasteiger partial charge < -0.3 is 10.4 Å². The number of benzene rings is 1. The van der Waals surface area contributed by atoms with Gasteiger partial charge in [-0.15, -0.1) is 0 Å². The summed E-state index contributed by atoms with van der Waals surface area (Å²) < 4.78 is 0. The largest absolute Gasteiger partial charge is 0.478 e. The van der Waals surface area contributed by atoms with Gasteiger partial charge in [-0.25, -0.2) is 4.79 Å². The van der Waals surface area contributed by atoms with Crippen molar-refractivity contribution < 1.29 is 9.90 Å². The Morgan fingerprint density at radius 1 is 1.54 bits per heavy atom. The Bertz CT molecular complexity index is 337. The molecule has 0 amide bonds. The summed E-state index contributed by atoms with van der Waals surface area (Å²) in [6, 6.07) is 7.42. The lowest BCUT2D eigenvalue weighted by Crippen LogP contribution is -2.53. The Morgan fingerprint density at radius 3 is 2.85 bits per heavy atom. The summed E-state index contributed by atoms with van der Waals surface area (Å²) in [6.07, 6.45) is 0.332. The van der Waals surface area contributed by atoms with Crippen LogP contribution in [0.4, 0.5) is 5.69 Å². The van der Waals surface area contributed by atoms with Crippen molar-refractivity contribution in [2.75, 3.05) is 5.32 Å². The molecule has 0 saturated heterocycles. The lowest BCUT2D eigenvalue weighted by molar-refractivity contribution is -0.141. The summed E-state index contributed by atoms with van der Waals surface area (Å²) in [5.41, 5.74) is 6.08. The van der Waals surface area contributed by atoms with E-state index in [0.29, 0.717) is 6.42 Å². The number of rotatable bonds is 1. The minimum absolute atomic E-state index is 0.332. The van der Waals surface area contributed by atoms with Gasteiger partial charge in [0.2, 0.25) is 0 Å². The van der Waals surface area contributed by atoms with E-state index >= 15 is 0 Å². The Hall–Kier alpha value is -1.55. The smallest absolute Gasteiger partial charge is 0.344 e. The van der Waals surface area contributed by atoms with Crippen LogP contribution < -0.4 is 11.1 Å². The minimum atomic E-state index is -1.33.